The van der Waals surface area contributed by atoms with Crippen LogP contribution in [-0.4, -0.2) is 49.1 Å². The van der Waals surface area contributed by atoms with Crippen LogP contribution in [0, 0.1) is 0 Å². The zero-order valence-electron chi connectivity index (χ0n) is 12.2. The highest BCUT2D eigenvalue weighted by molar-refractivity contribution is 5.78. The van der Waals surface area contributed by atoms with Gasteiger partial charge in [0.05, 0.1) is 6.54 Å². The van der Waals surface area contributed by atoms with E-state index in [0.717, 1.165) is 32.5 Å². The van der Waals surface area contributed by atoms with Crippen molar-refractivity contribution in [3.8, 4) is 0 Å². The largest absolute Gasteiger partial charge is 0.353 e. The number of hydrogen-bond donors (Lipinski definition) is 2. The Bertz CT molecular complexity index is 239. The van der Waals surface area contributed by atoms with Crippen LogP contribution in [0.4, 0.5) is 0 Å². The van der Waals surface area contributed by atoms with Gasteiger partial charge in [0, 0.05) is 18.6 Å². The van der Waals surface area contributed by atoms with E-state index in [0.29, 0.717) is 12.6 Å². The molecule has 0 aromatic rings. The van der Waals surface area contributed by atoms with Gasteiger partial charge in [-0.15, -0.1) is 0 Å². The predicted octanol–water partition coefficient (Wildman–Crippen LogP) is 1.37. The highest BCUT2D eigenvalue weighted by atomic mass is 16.2. The summed E-state index contributed by atoms with van der Waals surface area (Å²) in [5.41, 5.74) is 0. The first-order valence-electron chi connectivity index (χ1n) is 7.40. The second-order valence-electron chi connectivity index (χ2n) is 5.41. The maximum Gasteiger partial charge on any atom is 0.234 e. The minimum absolute atomic E-state index is 0.163. The van der Waals surface area contributed by atoms with Gasteiger partial charge in [-0.2, -0.15) is 0 Å². The van der Waals surface area contributed by atoms with E-state index in [1.165, 1.54) is 12.8 Å². The van der Waals surface area contributed by atoms with Crippen molar-refractivity contribution < 1.29 is 4.79 Å². The van der Waals surface area contributed by atoms with Crippen LogP contribution < -0.4 is 10.6 Å². The summed E-state index contributed by atoms with van der Waals surface area (Å²) < 4.78 is 0. The summed E-state index contributed by atoms with van der Waals surface area (Å²) in [7, 11) is 0. The van der Waals surface area contributed by atoms with Crippen molar-refractivity contribution in [1.29, 1.82) is 0 Å². The molecule has 1 amide bonds. The Morgan fingerprint density at radius 2 is 2.28 bits per heavy atom. The molecule has 0 saturated carbocycles. The summed E-state index contributed by atoms with van der Waals surface area (Å²) in [6.07, 6.45) is 4.60. The lowest BCUT2D eigenvalue weighted by Crippen LogP contribution is -2.45. The molecule has 0 bridgehead atoms. The van der Waals surface area contributed by atoms with Crippen LogP contribution in [0.25, 0.3) is 0 Å². The van der Waals surface area contributed by atoms with Crippen LogP contribution in [0.5, 0.6) is 0 Å². The highest BCUT2D eigenvalue weighted by Crippen LogP contribution is 2.07. The van der Waals surface area contributed by atoms with Crippen molar-refractivity contribution in [3.63, 3.8) is 0 Å². The first-order chi connectivity index (χ1) is 8.65. The highest BCUT2D eigenvalue weighted by Gasteiger charge is 2.19. The van der Waals surface area contributed by atoms with Gasteiger partial charge in [-0.1, -0.05) is 13.8 Å². The van der Waals surface area contributed by atoms with Gasteiger partial charge in [0.2, 0.25) is 5.91 Å². The number of hydrogen-bond acceptors (Lipinski definition) is 3. The molecular formula is C14H29N3O. The minimum Gasteiger partial charge on any atom is -0.353 e. The molecule has 0 aliphatic carbocycles. The van der Waals surface area contributed by atoms with E-state index >= 15 is 0 Å². The van der Waals surface area contributed by atoms with E-state index in [-0.39, 0.29) is 11.9 Å². The maximum atomic E-state index is 11.9. The fraction of sp³-hybridized carbons (Fsp3) is 0.929. The molecule has 1 aliphatic heterocycles. The molecule has 2 N–H and O–H groups in total. The molecule has 4 heteroatoms. The summed E-state index contributed by atoms with van der Waals surface area (Å²) >= 11 is 0. The van der Waals surface area contributed by atoms with Crippen LogP contribution in [0.15, 0.2) is 0 Å². The van der Waals surface area contributed by atoms with Crippen molar-refractivity contribution in [2.24, 2.45) is 0 Å². The van der Waals surface area contributed by atoms with E-state index in [9.17, 15) is 4.79 Å². The minimum atomic E-state index is 0.163. The Morgan fingerprint density at radius 3 is 2.83 bits per heavy atom. The first kappa shape index (κ1) is 15.4. The molecular weight excluding hydrogens is 226 g/mol. The lowest BCUT2D eigenvalue weighted by Gasteiger charge is -2.25. The number of rotatable bonds is 8. The van der Waals surface area contributed by atoms with Crippen LogP contribution >= 0.6 is 0 Å². The maximum absolute atomic E-state index is 11.9. The molecule has 106 valence electrons. The van der Waals surface area contributed by atoms with Gasteiger partial charge in [-0.3, -0.25) is 9.69 Å². The van der Waals surface area contributed by atoms with Gasteiger partial charge >= 0.3 is 0 Å². The van der Waals surface area contributed by atoms with E-state index in [4.69, 9.17) is 0 Å². The second-order valence-corrected chi connectivity index (χ2v) is 5.41. The second kappa shape index (κ2) is 8.48. The number of nitrogens with one attached hydrogen (secondary N) is 2. The Morgan fingerprint density at radius 1 is 1.50 bits per heavy atom. The van der Waals surface area contributed by atoms with E-state index in [1.807, 2.05) is 0 Å². The van der Waals surface area contributed by atoms with Gasteiger partial charge in [0.25, 0.3) is 0 Å². The first-order valence-corrected chi connectivity index (χ1v) is 7.40. The average Bonchev–Trinajstić information content (AvgIpc) is 2.81. The summed E-state index contributed by atoms with van der Waals surface area (Å²) in [6, 6.07) is 0.860. The summed E-state index contributed by atoms with van der Waals surface area (Å²) in [5.74, 6) is 0.163. The van der Waals surface area contributed by atoms with Gasteiger partial charge in [-0.25, -0.2) is 0 Å². The Balaban J connectivity index is 2.33. The fourth-order valence-electron chi connectivity index (χ4n) is 2.40. The molecule has 18 heavy (non-hydrogen) atoms. The average molecular weight is 255 g/mol. The van der Waals surface area contributed by atoms with Crippen molar-refractivity contribution in [2.45, 2.75) is 58.5 Å². The fourth-order valence-corrected chi connectivity index (χ4v) is 2.40. The smallest absolute Gasteiger partial charge is 0.234 e. The molecule has 1 aliphatic rings. The third kappa shape index (κ3) is 5.83. The predicted molar refractivity (Wildman–Crippen MR) is 75.7 cm³/mol. The van der Waals surface area contributed by atoms with Gasteiger partial charge < -0.3 is 10.6 Å². The Hall–Kier alpha value is -0.610. The number of carbonyl (C=O) groups is 1. The summed E-state index contributed by atoms with van der Waals surface area (Å²) in [6.45, 7) is 9.99. The molecule has 0 radical (unpaired) electrons. The van der Waals surface area contributed by atoms with Crippen molar-refractivity contribution in [1.82, 2.24) is 15.5 Å². The molecule has 1 rings (SSSR count). The molecule has 0 aromatic carbocycles. The van der Waals surface area contributed by atoms with Gasteiger partial charge in [0.1, 0.15) is 0 Å². The number of amides is 1. The summed E-state index contributed by atoms with van der Waals surface area (Å²) in [4.78, 5) is 14.2. The standard InChI is InChI=1S/C14H29N3O/c1-4-9-17(10-13-7-6-8-15-13)11-14(18)16-12(3)5-2/h12-13,15H,4-11H2,1-3H3,(H,16,18). The number of nitrogens with zero attached hydrogens (tertiary/aromatic N) is 1. The molecule has 1 heterocycles. The topological polar surface area (TPSA) is 44.4 Å². The Kier molecular flexibility index (Phi) is 7.28. The summed E-state index contributed by atoms with van der Waals surface area (Å²) in [5, 5.41) is 6.54. The molecule has 1 saturated heterocycles. The van der Waals surface area contributed by atoms with E-state index in [1.54, 1.807) is 0 Å². The number of carbonyl (C=O) groups excluding carboxylic acids is 1. The van der Waals surface area contributed by atoms with E-state index < -0.39 is 0 Å². The van der Waals surface area contributed by atoms with Crippen LogP contribution in [-0.2, 0) is 4.79 Å². The van der Waals surface area contributed by atoms with Crippen molar-refractivity contribution >= 4 is 5.91 Å². The SMILES string of the molecule is CCCN(CC(=O)NC(C)CC)CC1CCCN1. The third-order valence-electron chi connectivity index (χ3n) is 3.57. The lowest BCUT2D eigenvalue weighted by atomic mass is 10.2. The van der Waals surface area contributed by atoms with Crippen LogP contribution in [0.2, 0.25) is 0 Å². The molecule has 1 fully saturated rings. The Labute approximate surface area is 111 Å². The quantitative estimate of drug-likeness (QED) is 0.688. The molecule has 2 atom stereocenters. The van der Waals surface area contributed by atoms with Crippen molar-refractivity contribution in [3.05, 3.63) is 0 Å². The molecule has 4 nitrogen and oxygen atoms in total. The van der Waals surface area contributed by atoms with Crippen LogP contribution in [0.3, 0.4) is 0 Å². The van der Waals surface area contributed by atoms with Gasteiger partial charge in [-0.05, 0) is 45.7 Å². The lowest BCUT2D eigenvalue weighted by molar-refractivity contribution is -0.122. The molecule has 0 aromatic heterocycles. The zero-order valence-corrected chi connectivity index (χ0v) is 12.2. The third-order valence-corrected chi connectivity index (χ3v) is 3.57. The molecule has 0 spiro atoms. The molecule has 2 unspecified atom stereocenters. The van der Waals surface area contributed by atoms with E-state index in [2.05, 4.69) is 36.3 Å². The zero-order chi connectivity index (χ0) is 13.4. The van der Waals surface area contributed by atoms with Crippen molar-refractivity contribution in [2.75, 3.05) is 26.2 Å². The normalized spacial score (nSPS) is 21.2. The monoisotopic (exact) mass is 255 g/mol. The van der Waals surface area contributed by atoms with Crippen LogP contribution in [0.1, 0.15) is 46.5 Å². The van der Waals surface area contributed by atoms with Gasteiger partial charge in [0.15, 0.2) is 0 Å².